The van der Waals surface area contributed by atoms with Crippen LogP contribution in [0.1, 0.15) is 35.3 Å². The lowest BCUT2D eigenvalue weighted by Crippen LogP contribution is -2.42. The van der Waals surface area contributed by atoms with Gasteiger partial charge in [-0.3, -0.25) is 4.99 Å². The molecule has 6 nitrogen and oxygen atoms in total. The van der Waals surface area contributed by atoms with E-state index in [0.717, 1.165) is 35.4 Å². The van der Waals surface area contributed by atoms with E-state index in [2.05, 4.69) is 15.2 Å². The Morgan fingerprint density at radius 2 is 2.04 bits per heavy atom. The van der Waals surface area contributed by atoms with Gasteiger partial charge in [-0.15, -0.1) is 11.3 Å². The lowest BCUT2D eigenvalue weighted by Gasteiger charge is -2.23. The largest absolute Gasteiger partial charge is 0.493 e. The fraction of sp³-hybridized carbons (Fsp3) is 0.524. The Kier molecular flexibility index (Phi) is 7.14. The number of benzene rings is 1. The highest BCUT2D eigenvalue weighted by molar-refractivity contribution is 7.11. The van der Waals surface area contributed by atoms with E-state index in [9.17, 15) is 0 Å². The van der Waals surface area contributed by atoms with Gasteiger partial charge in [-0.2, -0.15) is 0 Å². The summed E-state index contributed by atoms with van der Waals surface area (Å²) in [6.45, 7) is 3.43. The monoisotopic (exact) mass is 402 g/mol. The molecular formula is C21H30N4O2S. The first-order valence-corrected chi connectivity index (χ1v) is 10.6. The summed E-state index contributed by atoms with van der Waals surface area (Å²) >= 11 is 1.85. The molecular weight excluding hydrogens is 372 g/mol. The quantitative estimate of drug-likeness (QED) is 0.567. The zero-order chi connectivity index (χ0) is 19.9. The van der Waals surface area contributed by atoms with Gasteiger partial charge >= 0.3 is 0 Å². The number of aromatic nitrogens is 1. The third-order valence-electron chi connectivity index (χ3n) is 4.78. The van der Waals surface area contributed by atoms with Gasteiger partial charge in [0.1, 0.15) is 11.1 Å². The molecule has 1 aromatic heterocycles. The number of methoxy groups -OCH3 is 1. The number of nitrogens with zero attached hydrogens (tertiary/aromatic N) is 3. The Morgan fingerprint density at radius 3 is 2.75 bits per heavy atom. The molecule has 0 amide bonds. The van der Waals surface area contributed by atoms with Crippen molar-refractivity contribution >= 4 is 17.3 Å². The fourth-order valence-corrected chi connectivity index (χ4v) is 4.56. The Bertz CT molecular complexity index is 782. The summed E-state index contributed by atoms with van der Waals surface area (Å²) in [4.78, 5) is 12.8. The maximum atomic E-state index is 6.01. The fourth-order valence-electron chi connectivity index (χ4n) is 3.35. The first-order chi connectivity index (χ1) is 13.6. The van der Waals surface area contributed by atoms with Crippen LogP contribution in [-0.2, 0) is 19.4 Å². The van der Waals surface area contributed by atoms with E-state index in [1.165, 1.54) is 29.8 Å². The number of nitrogens with one attached hydrogen (secondary N) is 1. The van der Waals surface area contributed by atoms with E-state index < -0.39 is 0 Å². The number of ether oxygens (including phenoxy) is 2. The number of aryl methyl sites for hydroxylation is 2. The van der Waals surface area contributed by atoms with Crippen LogP contribution >= 0.6 is 11.3 Å². The number of guanidine groups is 1. The second-order valence-corrected chi connectivity index (χ2v) is 8.22. The second kappa shape index (κ2) is 9.78. The van der Waals surface area contributed by atoms with Gasteiger partial charge in [0.15, 0.2) is 17.5 Å². The molecule has 152 valence electrons. The van der Waals surface area contributed by atoms with Gasteiger partial charge < -0.3 is 19.7 Å². The van der Waals surface area contributed by atoms with Crippen LogP contribution in [0.3, 0.4) is 0 Å². The summed E-state index contributed by atoms with van der Waals surface area (Å²) in [5.41, 5.74) is 1.31. The van der Waals surface area contributed by atoms with Crippen molar-refractivity contribution < 1.29 is 9.47 Å². The summed E-state index contributed by atoms with van der Waals surface area (Å²) in [6, 6.07) is 7.69. The van der Waals surface area contributed by atoms with E-state index in [1.54, 1.807) is 14.2 Å². The lowest BCUT2D eigenvalue weighted by molar-refractivity contribution is 0.212. The molecule has 1 aliphatic rings. The molecule has 0 radical (unpaired) electrons. The Morgan fingerprint density at radius 1 is 1.29 bits per heavy atom. The minimum atomic E-state index is -0.0337. The molecule has 3 rings (SSSR count). The molecule has 2 aromatic rings. The zero-order valence-electron chi connectivity index (χ0n) is 17.2. The minimum Gasteiger partial charge on any atom is -0.493 e. The number of hydrogen-bond acceptors (Lipinski definition) is 5. The molecule has 1 unspecified atom stereocenters. The van der Waals surface area contributed by atoms with E-state index in [4.69, 9.17) is 14.5 Å². The van der Waals surface area contributed by atoms with Gasteiger partial charge in [-0.25, -0.2) is 4.98 Å². The number of rotatable bonds is 7. The van der Waals surface area contributed by atoms with Crippen molar-refractivity contribution in [1.29, 1.82) is 0 Å². The predicted molar refractivity (Wildman–Crippen MR) is 115 cm³/mol. The summed E-state index contributed by atoms with van der Waals surface area (Å²) < 4.78 is 11.4. The molecule has 1 N–H and O–H groups in total. The Balaban J connectivity index is 1.52. The highest BCUT2D eigenvalue weighted by Crippen LogP contribution is 2.28. The number of fused-ring (bicyclic) bond motifs is 1. The van der Waals surface area contributed by atoms with Gasteiger partial charge in [-0.05, 0) is 44.7 Å². The lowest BCUT2D eigenvalue weighted by atomic mass is 10.0. The Hall–Kier alpha value is -2.28. The van der Waals surface area contributed by atoms with Gasteiger partial charge in [0.2, 0.25) is 0 Å². The van der Waals surface area contributed by atoms with Gasteiger partial charge in [0.25, 0.3) is 0 Å². The highest BCUT2D eigenvalue weighted by Gasteiger charge is 2.17. The number of thiazole rings is 1. The molecule has 1 aromatic carbocycles. The van der Waals surface area contributed by atoms with Crippen LogP contribution in [-0.4, -0.2) is 49.7 Å². The summed E-state index contributed by atoms with van der Waals surface area (Å²) in [5.74, 6) is 2.32. The molecule has 1 aliphatic carbocycles. The van der Waals surface area contributed by atoms with Crippen LogP contribution in [0.4, 0.5) is 0 Å². The van der Waals surface area contributed by atoms with E-state index >= 15 is 0 Å². The van der Waals surface area contributed by atoms with Crippen LogP contribution in [0, 0.1) is 0 Å². The van der Waals surface area contributed by atoms with Crippen molar-refractivity contribution in [3.05, 3.63) is 39.8 Å². The number of hydrogen-bond donors (Lipinski definition) is 1. The third kappa shape index (κ3) is 5.16. The topological polar surface area (TPSA) is 59.0 Å². The minimum absolute atomic E-state index is 0.0337. The summed E-state index contributed by atoms with van der Waals surface area (Å²) in [5, 5.41) is 4.56. The van der Waals surface area contributed by atoms with Crippen LogP contribution < -0.4 is 14.8 Å². The maximum absolute atomic E-state index is 6.01. The number of aliphatic imine (C=N–C) groups is 1. The van der Waals surface area contributed by atoms with Crippen LogP contribution in [0.15, 0.2) is 29.3 Å². The van der Waals surface area contributed by atoms with Crippen LogP contribution in [0.25, 0.3) is 0 Å². The molecule has 0 aliphatic heterocycles. The van der Waals surface area contributed by atoms with Crippen LogP contribution in [0.5, 0.6) is 11.5 Å². The highest BCUT2D eigenvalue weighted by atomic mass is 32.1. The smallest absolute Gasteiger partial charge is 0.193 e. The normalized spacial score (nSPS) is 14.9. The van der Waals surface area contributed by atoms with Crippen molar-refractivity contribution in [2.45, 2.75) is 45.3 Å². The predicted octanol–water partition coefficient (Wildman–Crippen LogP) is 3.51. The molecule has 1 atom stereocenters. The zero-order valence-corrected chi connectivity index (χ0v) is 18.0. The molecule has 7 heteroatoms. The van der Waals surface area contributed by atoms with E-state index in [1.807, 2.05) is 49.6 Å². The molecule has 0 bridgehead atoms. The van der Waals surface area contributed by atoms with Crippen molar-refractivity contribution in [1.82, 2.24) is 15.2 Å². The first kappa shape index (κ1) is 20.5. The van der Waals surface area contributed by atoms with Crippen molar-refractivity contribution in [2.75, 3.05) is 27.7 Å². The summed E-state index contributed by atoms with van der Waals surface area (Å²) in [7, 11) is 5.50. The maximum Gasteiger partial charge on any atom is 0.193 e. The Labute approximate surface area is 171 Å². The molecule has 0 saturated heterocycles. The van der Waals surface area contributed by atoms with E-state index in [-0.39, 0.29) is 6.10 Å². The van der Waals surface area contributed by atoms with Crippen molar-refractivity contribution in [2.24, 2.45) is 4.99 Å². The van der Waals surface area contributed by atoms with Gasteiger partial charge in [0.05, 0.1) is 25.9 Å². The van der Waals surface area contributed by atoms with E-state index in [0.29, 0.717) is 6.54 Å². The molecule has 1 heterocycles. The molecule has 28 heavy (non-hydrogen) atoms. The first-order valence-electron chi connectivity index (χ1n) is 9.79. The standard InChI is InChI=1S/C21H30N4O2S/c1-15(27-18-11-7-6-10-17(18)26-4)13-23-21(22-2)25(3)14-20-24-16-9-5-8-12-19(16)28-20/h6-7,10-11,15H,5,8-9,12-14H2,1-4H3,(H,22,23). The summed E-state index contributed by atoms with van der Waals surface area (Å²) in [6.07, 6.45) is 4.83. The van der Waals surface area contributed by atoms with Gasteiger partial charge in [-0.1, -0.05) is 12.1 Å². The third-order valence-corrected chi connectivity index (χ3v) is 5.92. The van der Waals surface area contributed by atoms with Crippen molar-refractivity contribution in [3.8, 4) is 11.5 Å². The second-order valence-electron chi connectivity index (χ2n) is 7.05. The van der Waals surface area contributed by atoms with Gasteiger partial charge in [0, 0.05) is 19.0 Å². The number of para-hydroxylation sites is 2. The molecule has 0 saturated carbocycles. The average Bonchev–Trinajstić information content (AvgIpc) is 3.11. The van der Waals surface area contributed by atoms with Crippen LogP contribution in [0.2, 0.25) is 0 Å². The SMILES string of the molecule is CN=C(NCC(C)Oc1ccccc1OC)N(C)Cc1nc2c(s1)CCCC2. The molecule has 0 fully saturated rings. The molecule has 0 spiro atoms. The van der Waals surface area contributed by atoms with Crippen molar-refractivity contribution in [3.63, 3.8) is 0 Å². The average molecular weight is 403 g/mol.